The highest BCUT2D eigenvalue weighted by Gasteiger charge is 2.41. The first kappa shape index (κ1) is 13.7. The SMILES string of the molecule is COc1cccc(Cl)c1C1CC1CNC(C)(C)C. The summed E-state index contributed by atoms with van der Waals surface area (Å²) in [6.07, 6.45) is 1.20. The van der Waals surface area contributed by atoms with Crippen LogP contribution in [0.25, 0.3) is 0 Å². The van der Waals surface area contributed by atoms with Crippen molar-refractivity contribution in [3.8, 4) is 5.75 Å². The number of benzene rings is 1. The Hall–Kier alpha value is -0.730. The third-order valence-electron chi connectivity index (χ3n) is 3.42. The molecule has 1 N–H and O–H groups in total. The van der Waals surface area contributed by atoms with Crippen LogP contribution in [-0.4, -0.2) is 19.2 Å². The smallest absolute Gasteiger partial charge is 0.123 e. The Bertz CT molecular complexity index is 425. The molecule has 2 rings (SSSR count). The van der Waals surface area contributed by atoms with E-state index >= 15 is 0 Å². The lowest BCUT2D eigenvalue weighted by molar-refractivity contribution is 0.404. The molecule has 1 aromatic rings. The number of rotatable bonds is 4. The molecule has 2 nitrogen and oxygen atoms in total. The van der Waals surface area contributed by atoms with Gasteiger partial charge in [-0.15, -0.1) is 0 Å². The summed E-state index contributed by atoms with van der Waals surface area (Å²) >= 11 is 6.30. The average Bonchev–Trinajstić information content (AvgIpc) is 3.04. The maximum absolute atomic E-state index is 6.30. The Balaban J connectivity index is 2.03. The predicted molar refractivity (Wildman–Crippen MR) is 76.6 cm³/mol. The molecule has 1 saturated carbocycles. The van der Waals surface area contributed by atoms with Crippen molar-refractivity contribution in [3.05, 3.63) is 28.8 Å². The fourth-order valence-electron chi connectivity index (χ4n) is 2.32. The van der Waals surface area contributed by atoms with Gasteiger partial charge in [0.05, 0.1) is 7.11 Å². The summed E-state index contributed by atoms with van der Waals surface area (Å²) in [7, 11) is 1.71. The Kier molecular flexibility index (Phi) is 3.88. The van der Waals surface area contributed by atoms with Gasteiger partial charge < -0.3 is 10.1 Å². The normalized spacial score (nSPS) is 22.9. The van der Waals surface area contributed by atoms with Crippen LogP contribution in [0.5, 0.6) is 5.75 Å². The molecule has 0 saturated heterocycles. The van der Waals surface area contributed by atoms with Crippen LogP contribution in [-0.2, 0) is 0 Å². The second-order valence-corrected chi connectivity index (χ2v) is 6.50. The van der Waals surface area contributed by atoms with Gasteiger partial charge in [-0.2, -0.15) is 0 Å². The summed E-state index contributed by atoms with van der Waals surface area (Å²) in [6.45, 7) is 7.63. The summed E-state index contributed by atoms with van der Waals surface area (Å²) in [4.78, 5) is 0. The zero-order chi connectivity index (χ0) is 13.3. The van der Waals surface area contributed by atoms with Crippen molar-refractivity contribution < 1.29 is 4.74 Å². The quantitative estimate of drug-likeness (QED) is 0.895. The van der Waals surface area contributed by atoms with Crippen LogP contribution in [0.1, 0.15) is 38.7 Å². The highest BCUT2D eigenvalue weighted by Crippen LogP contribution is 2.52. The number of methoxy groups -OCH3 is 1. The molecule has 0 amide bonds. The molecule has 0 heterocycles. The second kappa shape index (κ2) is 5.10. The minimum Gasteiger partial charge on any atom is -0.496 e. The van der Waals surface area contributed by atoms with Crippen molar-refractivity contribution >= 4 is 11.6 Å². The average molecular weight is 268 g/mol. The van der Waals surface area contributed by atoms with Gasteiger partial charge in [0.1, 0.15) is 5.75 Å². The molecular formula is C15H22ClNO. The third-order valence-corrected chi connectivity index (χ3v) is 3.75. The number of hydrogen-bond donors (Lipinski definition) is 1. The van der Waals surface area contributed by atoms with Crippen molar-refractivity contribution in [2.75, 3.05) is 13.7 Å². The van der Waals surface area contributed by atoms with E-state index in [1.165, 1.54) is 12.0 Å². The van der Waals surface area contributed by atoms with Crippen molar-refractivity contribution in [2.45, 2.75) is 38.6 Å². The summed E-state index contributed by atoms with van der Waals surface area (Å²) in [5.41, 5.74) is 1.36. The zero-order valence-electron chi connectivity index (χ0n) is 11.6. The first-order chi connectivity index (χ1) is 8.42. The van der Waals surface area contributed by atoms with Crippen molar-refractivity contribution in [3.63, 3.8) is 0 Å². The van der Waals surface area contributed by atoms with Gasteiger partial charge in [-0.1, -0.05) is 17.7 Å². The van der Waals surface area contributed by atoms with Gasteiger partial charge in [-0.05, 0) is 57.7 Å². The van der Waals surface area contributed by atoms with E-state index in [1.807, 2.05) is 18.2 Å². The maximum atomic E-state index is 6.30. The van der Waals surface area contributed by atoms with E-state index in [9.17, 15) is 0 Å². The molecule has 1 aliphatic rings. The van der Waals surface area contributed by atoms with Crippen LogP contribution in [0.15, 0.2) is 18.2 Å². The highest BCUT2D eigenvalue weighted by atomic mass is 35.5. The van der Waals surface area contributed by atoms with Crippen molar-refractivity contribution in [1.82, 2.24) is 5.32 Å². The molecule has 0 radical (unpaired) electrons. The van der Waals surface area contributed by atoms with E-state index in [4.69, 9.17) is 16.3 Å². The van der Waals surface area contributed by atoms with Crippen LogP contribution in [0.4, 0.5) is 0 Å². The molecule has 2 unspecified atom stereocenters. The summed E-state index contributed by atoms with van der Waals surface area (Å²) in [5.74, 6) is 2.15. The first-order valence-corrected chi connectivity index (χ1v) is 6.87. The molecule has 100 valence electrons. The number of ether oxygens (including phenoxy) is 1. The second-order valence-electron chi connectivity index (χ2n) is 6.09. The van der Waals surface area contributed by atoms with Crippen LogP contribution in [0, 0.1) is 5.92 Å². The predicted octanol–water partition coefficient (Wildman–Crippen LogP) is 3.84. The van der Waals surface area contributed by atoms with Gasteiger partial charge in [0.25, 0.3) is 0 Å². The van der Waals surface area contributed by atoms with E-state index in [0.29, 0.717) is 11.8 Å². The van der Waals surface area contributed by atoms with Crippen molar-refractivity contribution in [2.24, 2.45) is 5.92 Å². The monoisotopic (exact) mass is 267 g/mol. The van der Waals surface area contributed by atoms with Crippen LogP contribution >= 0.6 is 11.6 Å². The molecule has 1 aliphatic carbocycles. The van der Waals surface area contributed by atoms with E-state index < -0.39 is 0 Å². The van der Waals surface area contributed by atoms with E-state index in [-0.39, 0.29) is 5.54 Å². The first-order valence-electron chi connectivity index (χ1n) is 6.50. The minimum atomic E-state index is 0.178. The van der Waals surface area contributed by atoms with Gasteiger partial charge in [-0.3, -0.25) is 0 Å². The standard InChI is InChI=1S/C15H22ClNO/c1-15(2,3)17-9-10-8-11(10)14-12(16)6-5-7-13(14)18-4/h5-7,10-11,17H,8-9H2,1-4H3. The molecule has 0 bridgehead atoms. The molecule has 1 fully saturated rings. The van der Waals surface area contributed by atoms with Crippen LogP contribution in [0.2, 0.25) is 5.02 Å². The molecule has 1 aromatic carbocycles. The van der Waals surface area contributed by atoms with E-state index in [1.54, 1.807) is 7.11 Å². The summed E-state index contributed by atoms with van der Waals surface area (Å²) in [6, 6.07) is 5.88. The Morgan fingerprint density at radius 1 is 1.39 bits per heavy atom. The Labute approximate surface area is 115 Å². The molecule has 18 heavy (non-hydrogen) atoms. The van der Waals surface area contributed by atoms with E-state index in [2.05, 4.69) is 26.1 Å². The van der Waals surface area contributed by atoms with Gasteiger partial charge in [0, 0.05) is 16.1 Å². The van der Waals surface area contributed by atoms with Crippen LogP contribution in [0.3, 0.4) is 0 Å². The number of hydrogen-bond acceptors (Lipinski definition) is 2. The number of halogens is 1. The Morgan fingerprint density at radius 3 is 2.72 bits per heavy atom. The fraction of sp³-hybridized carbons (Fsp3) is 0.600. The number of nitrogens with one attached hydrogen (secondary N) is 1. The third kappa shape index (κ3) is 3.18. The topological polar surface area (TPSA) is 21.3 Å². The molecule has 2 atom stereocenters. The van der Waals surface area contributed by atoms with Gasteiger partial charge >= 0.3 is 0 Å². The van der Waals surface area contributed by atoms with E-state index in [0.717, 1.165) is 17.3 Å². The lowest BCUT2D eigenvalue weighted by Gasteiger charge is -2.20. The lowest BCUT2D eigenvalue weighted by atomic mass is 10.1. The van der Waals surface area contributed by atoms with Crippen LogP contribution < -0.4 is 10.1 Å². The van der Waals surface area contributed by atoms with Gasteiger partial charge in [-0.25, -0.2) is 0 Å². The minimum absolute atomic E-state index is 0.178. The largest absolute Gasteiger partial charge is 0.496 e. The van der Waals surface area contributed by atoms with Gasteiger partial charge in [0.2, 0.25) is 0 Å². The Morgan fingerprint density at radius 2 is 2.11 bits per heavy atom. The molecule has 0 spiro atoms. The van der Waals surface area contributed by atoms with Gasteiger partial charge in [0.15, 0.2) is 0 Å². The highest BCUT2D eigenvalue weighted by molar-refractivity contribution is 6.31. The summed E-state index contributed by atoms with van der Waals surface area (Å²) in [5, 5.41) is 4.39. The molecule has 3 heteroatoms. The molecule has 0 aliphatic heterocycles. The lowest BCUT2D eigenvalue weighted by Crippen LogP contribution is -2.37. The van der Waals surface area contributed by atoms with Crippen molar-refractivity contribution in [1.29, 1.82) is 0 Å². The zero-order valence-corrected chi connectivity index (χ0v) is 12.3. The summed E-state index contributed by atoms with van der Waals surface area (Å²) < 4.78 is 5.42. The molecule has 0 aromatic heterocycles. The maximum Gasteiger partial charge on any atom is 0.123 e. The fourth-order valence-corrected chi connectivity index (χ4v) is 2.63. The molecular weight excluding hydrogens is 246 g/mol.